The van der Waals surface area contributed by atoms with Crippen molar-refractivity contribution in [3.05, 3.63) is 6.07 Å². The first-order valence-corrected chi connectivity index (χ1v) is 6.07. The molecule has 0 radical (unpaired) electrons. The number of rotatable bonds is 5. The standard InChI is InChI=1S/C8H14N4O2S/c1-14-7-5-6(11-8(9)12-7)10-3-4-15(2)13/h5H,3-4H2,1-2H3,(H3,9,10,11,12). The molecule has 3 N–H and O–H groups in total. The summed E-state index contributed by atoms with van der Waals surface area (Å²) in [6.45, 7) is 0.572. The lowest BCUT2D eigenvalue weighted by atomic mass is 10.5. The largest absolute Gasteiger partial charge is 0.481 e. The minimum atomic E-state index is -0.820. The molecule has 0 saturated heterocycles. The molecule has 1 rings (SSSR count). The maximum Gasteiger partial charge on any atom is 0.225 e. The number of nitrogens with one attached hydrogen (secondary N) is 1. The summed E-state index contributed by atoms with van der Waals surface area (Å²) in [6.07, 6.45) is 1.65. The van der Waals surface area contributed by atoms with Gasteiger partial charge in [-0.1, -0.05) is 0 Å². The number of hydrogen-bond donors (Lipinski definition) is 2. The first-order chi connectivity index (χ1) is 7.11. The molecule has 0 spiro atoms. The van der Waals surface area contributed by atoms with E-state index in [9.17, 15) is 4.21 Å². The minimum Gasteiger partial charge on any atom is -0.481 e. The number of aromatic nitrogens is 2. The second-order valence-corrected chi connectivity index (χ2v) is 4.41. The van der Waals surface area contributed by atoms with Crippen molar-refractivity contribution in [2.24, 2.45) is 0 Å². The normalized spacial score (nSPS) is 12.1. The van der Waals surface area contributed by atoms with Gasteiger partial charge in [0.15, 0.2) is 0 Å². The number of hydrogen-bond acceptors (Lipinski definition) is 6. The molecule has 1 unspecified atom stereocenters. The maximum absolute atomic E-state index is 10.8. The lowest BCUT2D eigenvalue weighted by Crippen LogP contribution is -2.12. The van der Waals surface area contributed by atoms with Crippen LogP contribution in [0.15, 0.2) is 6.07 Å². The van der Waals surface area contributed by atoms with Gasteiger partial charge < -0.3 is 15.8 Å². The predicted molar refractivity (Wildman–Crippen MR) is 60.4 cm³/mol. The number of ether oxygens (including phenoxy) is 1. The number of nitrogens with two attached hydrogens (primary N) is 1. The van der Waals surface area contributed by atoms with Gasteiger partial charge in [0.2, 0.25) is 11.8 Å². The predicted octanol–water partition coefficient (Wildman–Crippen LogP) is -0.142. The molecule has 0 aliphatic rings. The van der Waals surface area contributed by atoms with Crippen molar-refractivity contribution in [2.45, 2.75) is 0 Å². The molecule has 0 aliphatic heterocycles. The number of anilines is 2. The molecule has 1 aromatic heterocycles. The monoisotopic (exact) mass is 230 g/mol. The van der Waals surface area contributed by atoms with E-state index in [0.717, 1.165) is 0 Å². The zero-order chi connectivity index (χ0) is 11.3. The zero-order valence-electron chi connectivity index (χ0n) is 8.69. The maximum atomic E-state index is 10.8. The van der Waals surface area contributed by atoms with Gasteiger partial charge in [0.05, 0.1) is 7.11 Å². The highest BCUT2D eigenvalue weighted by molar-refractivity contribution is 7.84. The third kappa shape index (κ3) is 4.11. The Kier molecular flexibility index (Phi) is 4.29. The fourth-order valence-corrected chi connectivity index (χ4v) is 1.35. The van der Waals surface area contributed by atoms with E-state index >= 15 is 0 Å². The highest BCUT2D eigenvalue weighted by atomic mass is 32.2. The number of nitrogens with zero attached hydrogens (tertiary/aromatic N) is 2. The average Bonchev–Trinajstić information content (AvgIpc) is 2.16. The van der Waals surface area contributed by atoms with Gasteiger partial charge in [-0.2, -0.15) is 9.97 Å². The van der Waals surface area contributed by atoms with E-state index in [1.54, 1.807) is 12.3 Å². The van der Waals surface area contributed by atoms with Crippen molar-refractivity contribution >= 4 is 22.6 Å². The van der Waals surface area contributed by atoms with Crippen LogP contribution in [0.3, 0.4) is 0 Å². The molecule has 0 amide bonds. The molecule has 0 fully saturated rings. The molecule has 0 aliphatic carbocycles. The third-order valence-electron chi connectivity index (χ3n) is 1.62. The first kappa shape index (κ1) is 11.7. The highest BCUT2D eigenvalue weighted by Crippen LogP contribution is 2.13. The van der Waals surface area contributed by atoms with E-state index in [4.69, 9.17) is 10.5 Å². The van der Waals surface area contributed by atoms with E-state index in [0.29, 0.717) is 24.0 Å². The van der Waals surface area contributed by atoms with E-state index < -0.39 is 10.8 Å². The van der Waals surface area contributed by atoms with Gasteiger partial charge in [0.25, 0.3) is 0 Å². The van der Waals surface area contributed by atoms with Crippen LogP contribution in [-0.4, -0.2) is 39.8 Å². The number of methoxy groups -OCH3 is 1. The molecule has 0 aromatic carbocycles. The van der Waals surface area contributed by atoms with Gasteiger partial charge >= 0.3 is 0 Å². The van der Waals surface area contributed by atoms with Crippen molar-refractivity contribution in [1.82, 2.24) is 9.97 Å². The summed E-state index contributed by atoms with van der Waals surface area (Å²) in [6, 6.07) is 1.63. The molecule has 15 heavy (non-hydrogen) atoms. The SMILES string of the molecule is COc1cc(NCCS(C)=O)nc(N)n1. The molecular formula is C8H14N4O2S. The molecule has 7 heteroatoms. The molecule has 1 aromatic rings. The van der Waals surface area contributed by atoms with Crippen molar-refractivity contribution in [2.75, 3.05) is 36.7 Å². The summed E-state index contributed by atoms with van der Waals surface area (Å²) in [5.41, 5.74) is 5.46. The van der Waals surface area contributed by atoms with E-state index in [2.05, 4.69) is 15.3 Å². The topological polar surface area (TPSA) is 90.1 Å². The van der Waals surface area contributed by atoms with Gasteiger partial charge in [-0.25, -0.2) is 0 Å². The van der Waals surface area contributed by atoms with Gasteiger partial charge in [0.1, 0.15) is 5.82 Å². The van der Waals surface area contributed by atoms with Crippen LogP contribution < -0.4 is 15.8 Å². The molecule has 1 atom stereocenters. The third-order valence-corrected chi connectivity index (χ3v) is 2.40. The summed E-state index contributed by atoms with van der Waals surface area (Å²) in [4.78, 5) is 7.80. The van der Waals surface area contributed by atoms with Crippen LogP contribution in [0, 0.1) is 0 Å². The Bertz CT molecular complexity index is 358. The Hall–Kier alpha value is -1.37. The summed E-state index contributed by atoms with van der Waals surface area (Å²) >= 11 is 0. The van der Waals surface area contributed by atoms with E-state index in [1.807, 2.05) is 0 Å². The Balaban J connectivity index is 2.60. The van der Waals surface area contributed by atoms with Crippen molar-refractivity contribution in [3.63, 3.8) is 0 Å². The van der Waals surface area contributed by atoms with Crippen LogP contribution in [0.2, 0.25) is 0 Å². The Morgan fingerprint density at radius 1 is 1.60 bits per heavy atom. The smallest absolute Gasteiger partial charge is 0.225 e. The van der Waals surface area contributed by atoms with Crippen LogP contribution in [-0.2, 0) is 10.8 Å². The van der Waals surface area contributed by atoms with Crippen molar-refractivity contribution < 1.29 is 8.95 Å². The summed E-state index contributed by atoms with van der Waals surface area (Å²) in [5, 5.41) is 2.99. The Labute approximate surface area is 90.7 Å². The first-order valence-electron chi connectivity index (χ1n) is 4.34. The highest BCUT2D eigenvalue weighted by Gasteiger charge is 2.01. The Morgan fingerprint density at radius 3 is 2.93 bits per heavy atom. The minimum absolute atomic E-state index is 0.148. The van der Waals surface area contributed by atoms with Crippen LogP contribution in [0.25, 0.3) is 0 Å². The molecule has 0 bridgehead atoms. The fourth-order valence-electron chi connectivity index (χ4n) is 0.961. The summed E-state index contributed by atoms with van der Waals surface area (Å²) in [5.74, 6) is 1.69. The Morgan fingerprint density at radius 2 is 2.33 bits per heavy atom. The number of nitrogen functional groups attached to an aromatic ring is 1. The lowest BCUT2D eigenvalue weighted by Gasteiger charge is -2.06. The van der Waals surface area contributed by atoms with Crippen LogP contribution in [0.1, 0.15) is 0 Å². The van der Waals surface area contributed by atoms with Gasteiger partial charge in [-0.15, -0.1) is 0 Å². The second-order valence-electron chi connectivity index (χ2n) is 2.86. The van der Waals surface area contributed by atoms with Crippen LogP contribution in [0.4, 0.5) is 11.8 Å². The fraction of sp³-hybridized carbons (Fsp3) is 0.500. The molecule has 1 heterocycles. The van der Waals surface area contributed by atoms with Gasteiger partial charge in [-0.05, 0) is 0 Å². The van der Waals surface area contributed by atoms with Crippen molar-refractivity contribution in [1.29, 1.82) is 0 Å². The van der Waals surface area contributed by atoms with E-state index in [1.165, 1.54) is 7.11 Å². The quantitative estimate of drug-likeness (QED) is 0.731. The zero-order valence-corrected chi connectivity index (χ0v) is 9.50. The van der Waals surface area contributed by atoms with Crippen molar-refractivity contribution in [3.8, 4) is 5.88 Å². The molecule has 0 saturated carbocycles. The van der Waals surface area contributed by atoms with Gasteiger partial charge in [0, 0.05) is 35.4 Å². The van der Waals surface area contributed by atoms with Crippen LogP contribution >= 0.6 is 0 Å². The molecule has 84 valence electrons. The molecule has 6 nitrogen and oxygen atoms in total. The van der Waals surface area contributed by atoms with E-state index in [-0.39, 0.29) is 5.95 Å². The summed E-state index contributed by atoms with van der Waals surface area (Å²) < 4.78 is 15.7. The second kappa shape index (κ2) is 5.50. The lowest BCUT2D eigenvalue weighted by molar-refractivity contribution is 0.398. The average molecular weight is 230 g/mol. The molecular weight excluding hydrogens is 216 g/mol. The van der Waals surface area contributed by atoms with Crippen LogP contribution in [0.5, 0.6) is 5.88 Å². The van der Waals surface area contributed by atoms with Gasteiger partial charge in [-0.3, -0.25) is 4.21 Å². The summed E-state index contributed by atoms with van der Waals surface area (Å²) in [7, 11) is 0.686.